The summed E-state index contributed by atoms with van der Waals surface area (Å²) in [5.41, 5.74) is 0.564. The topological polar surface area (TPSA) is 88.2 Å². The molecule has 1 aromatic rings. The van der Waals surface area contributed by atoms with Crippen molar-refractivity contribution in [2.45, 2.75) is 64.3 Å². The number of carbonyl (C=O) groups excluding carboxylic acids is 3. The van der Waals surface area contributed by atoms with Gasteiger partial charge in [-0.15, -0.1) is 0 Å². The zero-order valence-electron chi connectivity index (χ0n) is 21.0. The molecule has 34 heavy (non-hydrogen) atoms. The van der Waals surface area contributed by atoms with Crippen LogP contribution in [-0.4, -0.2) is 73.5 Å². The highest BCUT2D eigenvalue weighted by molar-refractivity contribution is 5.82. The first-order chi connectivity index (χ1) is 16.3. The summed E-state index contributed by atoms with van der Waals surface area (Å²) in [5.74, 6) is 1.42. The van der Waals surface area contributed by atoms with E-state index >= 15 is 0 Å². The molecule has 3 rings (SSSR count). The van der Waals surface area contributed by atoms with E-state index in [2.05, 4.69) is 5.32 Å². The first-order valence-electron chi connectivity index (χ1n) is 12.4. The molecule has 8 nitrogen and oxygen atoms in total. The highest BCUT2D eigenvalue weighted by Crippen LogP contribution is 2.34. The Labute approximate surface area is 202 Å². The average Bonchev–Trinajstić information content (AvgIpc) is 3.23. The van der Waals surface area contributed by atoms with Crippen molar-refractivity contribution in [3.63, 3.8) is 0 Å². The van der Waals surface area contributed by atoms with E-state index in [4.69, 9.17) is 9.47 Å². The summed E-state index contributed by atoms with van der Waals surface area (Å²) in [6, 6.07) is 5.77. The Balaban J connectivity index is 1.65. The SMILES string of the molecule is CCN(CC)C(=O)[C@@H]1CCCN(C(=O)CC[C@]2(Cc3ccc(OC)c(OC)c3)CCC(=O)N2)C1. The predicted molar refractivity (Wildman–Crippen MR) is 130 cm³/mol. The van der Waals surface area contributed by atoms with Crippen molar-refractivity contribution < 1.29 is 23.9 Å². The van der Waals surface area contributed by atoms with E-state index in [1.165, 1.54) is 0 Å². The van der Waals surface area contributed by atoms with Crippen LogP contribution in [0.15, 0.2) is 18.2 Å². The summed E-state index contributed by atoms with van der Waals surface area (Å²) in [4.78, 5) is 41.8. The number of methoxy groups -OCH3 is 2. The largest absolute Gasteiger partial charge is 0.493 e. The Morgan fingerprint density at radius 2 is 1.91 bits per heavy atom. The standard InChI is InChI=1S/C26H39N3O5/c1-5-28(6-2)25(32)20-8-7-15-29(18-20)24(31)12-14-26(13-11-23(30)27-26)17-19-9-10-21(33-3)22(16-19)34-4/h9-10,16,20H,5-8,11-15,17-18H2,1-4H3,(H,27,30)/t20-,26+/m1/s1. The maximum Gasteiger partial charge on any atom is 0.227 e. The van der Waals surface area contributed by atoms with Crippen LogP contribution in [0.4, 0.5) is 0 Å². The second-order valence-corrected chi connectivity index (χ2v) is 9.38. The van der Waals surface area contributed by atoms with E-state index in [1.54, 1.807) is 14.2 Å². The Morgan fingerprint density at radius 1 is 1.18 bits per heavy atom. The predicted octanol–water partition coefficient (Wildman–Crippen LogP) is 2.78. The lowest BCUT2D eigenvalue weighted by Crippen LogP contribution is -2.48. The number of carbonyl (C=O) groups is 3. The van der Waals surface area contributed by atoms with Gasteiger partial charge in [0.05, 0.1) is 20.1 Å². The minimum absolute atomic E-state index is 0.0239. The number of rotatable bonds is 10. The van der Waals surface area contributed by atoms with Crippen LogP contribution in [0.3, 0.4) is 0 Å². The maximum atomic E-state index is 13.1. The first kappa shape index (κ1) is 25.8. The molecule has 188 valence electrons. The molecule has 2 atom stereocenters. The lowest BCUT2D eigenvalue weighted by Gasteiger charge is -2.35. The molecule has 0 saturated carbocycles. The summed E-state index contributed by atoms with van der Waals surface area (Å²) < 4.78 is 10.8. The summed E-state index contributed by atoms with van der Waals surface area (Å²) in [5, 5.41) is 3.15. The molecule has 2 heterocycles. The number of amides is 3. The van der Waals surface area contributed by atoms with E-state index in [0.717, 1.165) is 18.4 Å². The number of ether oxygens (including phenoxy) is 2. The van der Waals surface area contributed by atoms with E-state index in [1.807, 2.05) is 41.8 Å². The first-order valence-corrected chi connectivity index (χ1v) is 12.4. The molecular formula is C26H39N3O5. The highest BCUT2D eigenvalue weighted by atomic mass is 16.5. The third-order valence-electron chi connectivity index (χ3n) is 7.24. The number of piperidine rings is 1. The van der Waals surface area contributed by atoms with Gasteiger partial charge in [0.15, 0.2) is 11.5 Å². The molecule has 0 aromatic heterocycles. The van der Waals surface area contributed by atoms with Crippen molar-refractivity contribution in [2.75, 3.05) is 40.4 Å². The Morgan fingerprint density at radius 3 is 2.53 bits per heavy atom. The lowest BCUT2D eigenvalue weighted by atomic mass is 9.84. The zero-order chi connectivity index (χ0) is 24.7. The molecular weight excluding hydrogens is 434 g/mol. The fraction of sp³-hybridized carbons (Fsp3) is 0.654. The van der Waals surface area contributed by atoms with E-state index < -0.39 is 5.54 Å². The Hall–Kier alpha value is -2.77. The summed E-state index contributed by atoms with van der Waals surface area (Å²) in [6.45, 7) is 6.54. The van der Waals surface area contributed by atoms with Gasteiger partial charge < -0.3 is 24.6 Å². The highest BCUT2D eigenvalue weighted by Gasteiger charge is 2.39. The van der Waals surface area contributed by atoms with Crippen LogP contribution in [-0.2, 0) is 20.8 Å². The Bertz CT molecular complexity index is 885. The van der Waals surface area contributed by atoms with Gasteiger partial charge in [0.1, 0.15) is 0 Å². The van der Waals surface area contributed by atoms with Crippen molar-refractivity contribution in [1.82, 2.24) is 15.1 Å². The van der Waals surface area contributed by atoms with Crippen molar-refractivity contribution in [3.05, 3.63) is 23.8 Å². The van der Waals surface area contributed by atoms with Crippen LogP contribution < -0.4 is 14.8 Å². The summed E-state index contributed by atoms with van der Waals surface area (Å²) in [6.07, 6.45) is 4.36. The van der Waals surface area contributed by atoms with Gasteiger partial charge in [0, 0.05) is 44.6 Å². The van der Waals surface area contributed by atoms with Crippen LogP contribution >= 0.6 is 0 Å². The number of likely N-dealkylation sites (tertiary alicyclic amines) is 1. The second-order valence-electron chi connectivity index (χ2n) is 9.38. The molecule has 1 aromatic carbocycles. The molecule has 0 bridgehead atoms. The Kier molecular flexibility index (Phi) is 8.80. The normalized spacial score (nSPS) is 22.3. The number of hydrogen-bond acceptors (Lipinski definition) is 5. The fourth-order valence-electron chi connectivity index (χ4n) is 5.27. The van der Waals surface area contributed by atoms with Crippen molar-refractivity contribution in [1.29, 1.82) is 0 Å². The van der Waals surface area contributed by atoms with Gasteiger partial charge in [-0.05, 0) is 63.6 Å². The quantitative estimate of drug-likeness (QED) is 0.565. The van der Waals surface area contributed by atoms with Gasteiger partial charge in [-0.1, -0.05) is 6.07 Å². The van der Waals surface area contributed by atoms with Crippen molar-refractivity contribution >= 4 is 17.7 Å². The minimum Gasteiger partial charge on any atom is -0.493 e. The van der Waals surface area contributed by atoms with Crippen molar-refractivity contribution in [2.24, 2.45) is 5.92 Å². The van der Waals surface area contributed by atoms with Gasteiger partial charge in [0.25, 0.3) is 0 Å². The number of nitrogens with zero attached hydrogens (tertiary/aromatic N) is 2. The maximum absolute atomic E-state index is 13.1. The third-order valence-corrected chi connectivity index (χ3v) is 7.24. The van der Waals surface area contributed by atoms with Crippen LogP contribution in [0, 0.1) is 5.92 Å². The third kappa shape index (κ3) is 6.02. The van der Waals surface area contributed by atoms with Crippen LogP contribution in [0.25, 0.3) is 0 Å². The van der Waals surface area contributed by atoms with E-state index in [0.29, 0.717) is 69.8 Å². The van der Waals surface area contributed by atoms with E-state index in [-0.39, 0.29) is 23.6 Å². The molecule has 0 unspecified atom stereocenters. The average molecular weight is 474 g/mol. The molecule has 0 radical (unpaired) electrons. The molecule has 0 spiro atoms. The molecule has 2 aliphatic rings. The summed E-state index contributed by atoms with van der Waals surface area (Å²) in [7, 11) is 3.20. The van der Waals surface area contributed by atoms with Gasteiger partial charge in [-0.3, -0.25) is 14.4 Å². The van der Waals surface area contributed by atoms with E-state index in [9.17, 15) is 14.4 Å². The molecule has 2 fully saturated rings. The zero-order valence-corrected chi connectivity index (χ0v) is 21.0. The molecule has 2 aliphatic heterocycles. The smallest absolute Gasteiger partial charge is 0.227 e. The number of nitrogens with one attached hydrogen (secondary N) is 1. The molecule has 0 aliphatic carbocycles. The summed E-state index contributed by atoms with van der Waals surface area (Å²) >= 11 is 0. The minimum atomic E-state index is -0.460. The molecule has 8 heteroatoms. The number of benzene rings is 1. The van der Waals surface area contributed by atoms with Gasteiger partial charge in [0.2, 0.25) is 17.7 Å². The van der Waals surface area contributed by atoms with Gasteiger partial charge in [-0.25, -0.2) is 0 Å². The lowest BCUT2D eigenvalue weighted by molar-refractivity contribution is -0.141. The van der Waals surface area contributed by atoms with Gasteiger partial charge in [-0.2, -0.15) is 0 Å². The molecule has 3 amide bonds. The second kappa shape index (κ2) is 11.6. The van der Waals surface area contributed by atoms with Gasteiger partial charge >= 0.3 is 0 Å². The van der Waals surface area contributed by atoms with Crippen LogP contribution in [0.1, 0.15) is 57.9 Å². The fourth-order valence-corrected chi connectivity index (χ4v) is 5.27. The number of hydrogen-bond donors (Lipinski definition) is 1. The van der Waals surface area contributed by atoms with Crippen LogP contribution in [0.2, 0.25) is 0 Å². The molecule has 1 N–H and O–H groups in total. The monoisotopic (exact) mass is 473 g/mol. The van der Waals surface area contributed by atoms with Crippen molar-refractivity contribution in [3.8, 4) is 11.5 Å². The molecule has 2 saturated heterocycles. The van der Waals surface area contributed by atoms with Crippen LogP contribution in [0.5, 0.6) is 11.5 Å².